The molecule has 4 nitrogen and oxygen atoms in total. The number of hydrogen-bond donors (Lipinski definition) is 1. The molecule has 2 rings (SSSR count). The highest BCUT2D eigenvalue weighted by atomic mass is 35.5. The Balaban J connectivity index is 2.08. The van der Waals surface area contributed by atoms with Crippen molar-refractivity contribution in [3.05, 3.63) is 58.1 Å². The van der Waals surface area contributed by atoms with Crippen LogP contribution in [0.15, 0.2) is 42.5 Å². The molecule has 108 valence electrons. The van der Waals surface area contributed by atoms with E-state index in [4.69, 9.17) is 27.9 Å². The van der Waals surface area contributed by atoms with Crippen LogP contribution in [0.1, 0.15) is 17.3 Å². The first-order valence-electron chi connectivity index (χ1n) is 6.00. The van der Waals surface area contributed by atoms with Crippen LogP contribution in [0.2, 0.25) is 10.0 Å². The van der Waals surface area contributed by atoms with E-state index in [1.54, 1.807) is 36.4 Å². The maximum absolute atomic E-state index is 12.0. The summed E-state index contributed by atoms with van der Waals surface area (Å²) in [5.41, 5.74) is 0.968. The van der Waals surface area contributed by atoms with Gasteiger partial charge in [-0.15, -0.1) is 0 Å². The van der Waals surface area contributed by atoms with Crippen LogP contribution in [-0.2, 0) is 4.79 Å². The molecule has 0 saturated heterocycles. The number of carbonyl (C=O) groups excluding carboxylic acids is 2. The van der Waals surface area contributed by atoms with Crippen LogP contribution in [0, 0.1) is 0 Å². The summed E-state index contributed by atoms with van der Waals surface area (Å²) in [6.07, 6.45) is 0. The predicted octanol–water partition coefficient (Wildman–Crippen LogP) is 4.17. The summed E-state index contributed by atoms with van der Waals surface area (Å²) in [5.74, 6) is -0.300. The number of rotatable bonds is 3. The monoisotopic (exact) mass is 323 g/mol. The fourth-order valence-corrected chi connectivity index (χ4v) is 1.91. The Labute approximate surface area is 131 Å². The molecular formula is C15H11Cl2NO3. The van der Waals surface area contributed by atoms with E-state index in [1.807, 2.05) is 0 Å². The lowest BCUT2D eigenvalue weighted by molar-refractivity contribution is -0.131. The maximum atomic E-state index is 12.0. The molecule has 0 heterocycles. The second kappa shape index (κ2) is 6.61. The Bertz CT molecular complexity index is 684. The molecule has 0 unspecified atom stereocenters. The van der Waals surface area contributed by atoms with Crippen molar-refractivity contribution in [1.29, 1.82) is 0 Å². The van der Waals surface area contributed by atoms with E-state index in [0.29, 0.717) is 27.0 Å². The van der Waals surface area contributed by atoms with Gasteiger partial charge in [0.25, 0.3) is 5.91 Å². The van der Waals surface area contributed by atoms with Gasteiger partial charge in [0.1, 0.15) is 5.75 Å². The second-order valence-electron chi connectivity index (χ2n) is 4.20. The zero-order valence-corrected chi connectivity index (χ0v) is 12.5. The molecule has 1 amide bonds. The third-order valence-electron chi connectivity index (χ3n) is 2.56. The average Bonchev–Trinajstić information content (AvgIpc) is 2.43. The molecule has 0 radical (unpaired) electrons. The number of anilines is 1. The van der Waals surface area contributed by atoms with Crippen molar-refractivity contribution >= 4 is 40.8 Å². The highest BCUT2D eigenvalue weighted by Gasteiger charge is 2.08. The van der Waals surface area contributed by atoms with E-state index in [9.17, 15) is 9.59 Å². The molecule has 0 spiro atoms. The number of amides is 1. The van der Waals surface area contributed by atoms with Gasteiger partial charge in [0.2, 0.25) is 0 Å². The summed E-state index contributed by atoms with van der Waals surface area (Å²) in [6.45, 7) is 1.32. The third kappa shape index (κ3) is 4.21. The van der Waals surface area contributed by atoms with Crippen LogP contribution in [0.25, 0.3) is 0 Å². The van der Waals surface area contributed by atoms with Gasteiger partial charge in [-0.2, -0.15) is 0 Å². The van der Waals surface area contributed by atoms with Crippen molar-refractivity contribution in [2.75, 3.05) is 5.32 Å². The van der Waals surface area contributed by atoms with E-state index in [0.717, 1.165) is 0 Å². The fourth-order valence-electron chi connectivity index (χ4n) is 1.61. The molecule has 0 saturated carbocycles. The van der Waals surface area contributed by atoms with Gasteiger partial charge in [0, 0.05) is 18.2 Å². The van der Waals surface area contributed by atoms with Crippen LogP contribution >= 0.6 is 23.2 Å². The van der Waals surface area contributed by atoms with Crippen molar-refractivity contribution in [3.8, 4) is 5.75 Å². The van der Waals surface area contributed by atoms with Crippen LogP contribution in [0.3, 0.4) is 0 Å². The maximum Gasteiger partial charge on any atom is 0.308 e. The van der Waals surface area contributed by atoms with Gasteiger partial charge < -0.3 is 10.1 Å². The van der Waals surface area contributed by atoms with Crippen LogP contribution < -0.4 is 10.1 Å². The van der Waals surface area contributed by atoms with E-state index >= 15 is 0 Å². The molecule has 0 aliphatic carbocycles. The highest BCUT2D eigenvalue weighted by Crippen LogP contribution is 2.23. The standard InChI is InChI=1S/C15H11Cl2NO3/c1-9(19)21-12-5-3-11(4-6-12)18-15(20)10-2-7-13(16)14(17)8-10/h2-8H,1H3,(H,18,20). The van der Waals surface area contributed by atoms with Gasteiger partial charge in [0.15, 0.2) is 0 Å². The van der Waals surface area contributed by atoms with Crippen LogP contribution in [-0.4, -0.2) is 11.9 Å². The molecule has 0 fully saturated rings. The average molecular weight is 324 g/mol. The largest absolute Gasteiger partial charge is 0.427 e. The lowest BCUT2D eigenvalue weighted by Gasteiger charge is -2.07. The van der Waals surface area contributed by atoms with Crippen molar-refractivity contribution in [2.24, 2.45) is 0 Å². The minimum atomic E-state index is -0.400. The summed E-state index contributed by atoms with van der Waals surface area (Å²) in [5, 5.41) is 3.41. The van der Waals surface area contributed by atoms with Gasteiger partial charge in [-0.3, -0.25) is 9.59 Å². The van der Waals surface area contributed by atoms with E-state index in [2.05, 4.69) is 5.32 Å². The van der Waals surface area contributed by atoms with E-state index in [1.165, 1.54) is 13.0 Å². The molecule has 0 atom stereocenters. The zero-order chi connectivity index (χ0) is 15.4. The van der Waals surface area contributed by atoms with Crippen molar-refractivity contribution in [2.45, 2.75) is 6.92 Å². The highest BCUT2D eigenvalue weighted by molar-refractivity contribution is 6.42. The Morgan fingerprint density at radius 1 is 1.00 bits per heavy atom. The Morgan fingerprint density at radius 2 is 1.67 bits per heavy atom. The van der Waals surface area contributed by atoms with Gasteiger partial charge >= 0.3 is 5.97 Å². The first-order valence-corrected chi connectivity index (χ1v) is 6.76. The summed E-state index contributed by atoms with van der Waals surface area (Å²) >= 11 is 11.7. The quantitative estimate of drug-likeness (QED) is 0.681. The normalized spacial score (nSPS) is 10.0. The number of hydrogen-bond acceptors (Lipinski definition) is 3. The number of benzene rings is 2. The number of halogens is 2. The number of esters is 1. The third-order valence-corrected chi connectivity index (χ3v) is 3.29. The van der Waals surface area contributed by atoms with Gasteiger partial charge in [-0.05, 0) is 42.5 Å². The minimum absolute atomic E-state index is 0.311. The van der Waals surface area contributed by atoms with Crippen LogP contribution in [0.4, 0.5) is 5.69 Å². The summed E-state index contributed by atoms with van der Waals surface area (Å²) in [6, 6.07) is 11.1. The molecule has 6 heteroatoms. The molecule has 0 aromatic heterocycles. The molecule has 21 heavy (non-hydrogen) atoms. The SMILES string of the molecule is CC(=O)Oc1ccc(NC(=O)c2ccc(Cl)c(Cl)c2)cc1. The molecule has 0 aliphatic rings. The lowest BCUT2D eigenvalue weighted by atomic mass is 10.2. The number of carbonyl (C=O) groups is 2. The second-order valence-corrected chi connectivity index (χ2v) is 5.02. The number of nitrogens with one attached hydrogen (secondary N) is 1. The smallest absolute Gasteiger partial charge is 0.308 e. The van der Waals surface area contributed by atoms with E-state index < -0.39 is 5.97 Å². The summed E-state index contributed by atoms with van der Waals surface area (Å²) in [4.78, 5) is 22.8. The predicted molar refractivity (Wildman–Crippen MR) is 82.2 cm³/mol. The molecule has 1 N–H and O–H groups in total. The minimum Gasteiger partial charge on any atom is -0.427 e. The van der Waals surface area contributed by atoms with Crippen molar-refractivity contribution in [3.63, 3.8) is 0 Å². The topological polar surface area (TPSA) is 55.4 Å². The van der Waals surface area contributed by atoms with Crippen molar-refractivity contribution < 1.29 is 14.3 Å². The van der Waals surface area contributed by atoms with Gasteiger partial charge in [0.05, 0.1) is 10.0 Å². The zero-order valence-electron chi connectivity index (χ0n) is 11.0. The van der Waals surface area contributed by atoms with Gasteiger partial charge in [-0.1, -0.05) is 23.2 Å². The van der Waals surface area contributed by atoms with Crippen LogP contribution in [0.5, 0.6) is 5.75 Å². The summed E-state index contributed by atoms with van der Waals surface area (Å²) in [7, 11) is 0. The Morgan fingerprint density at radius 3 is 2.24 bits per heavy atom. The summed E-state index contributed by atoms with van der Waals surface area (Å²) < 4.78 is 4.90. The Kier molecular flexibility index (Phi) is 4.83. The molecule has 2 aromatic rings. The molecule has 0 bridgehead atoms. The first kappa shape index (κ1) is 15.4. The van der Waals surface area contributed by atoms with Crippen molar-refractivity contribution in [1.82, 2.24) is 0 Å². The molecule has 0 aliphatic heterocycles. The lowest BCUT2D eigenvalue weighted by Crippen LogP contribution is -2.11. The molecule has 2 aromatic carbocycles. The fraction of sp³-hybridized carbons (Fsp3) is 0.0667. The Hall–Kier alpha value is -2.04. The van der Waals surface area contributed by atoms with Gasteiger partial charge in [-0.25, -0.2) is 0 Å². The number of ether oxygens (including phenoxy) is 1. The van der Waals surface area contributed by atoms with E-state index in [-0.39, 0.29) is 5.91 Å². The molecular weight excluding hydrogens is 313 g/mol. The first-order chi connectivity index (χ1) is 9.95.